The number of nitrogens with zero attached hydrogens (tertiary/aromatic N) is 1. The third-order valence-electron chi connectivity index (χ3n) is 7.06. The summed E-state index contributed by atoms with van der Waals surface area (Å²) in [5.74, 6) is 1.50. The van der Waals surface area contributed by atoms with Crippen molar-refractivity contribution in [3.8, 4) is 11.5 Å². The van der Waals surface area contributed by atoms with Crippen LogP contribution in [0.3, 0.4) is 0 Å². The van der Waals surface area contributed by atoms with E-state index in [1.807, 2.05) is 29.6 Å². The molecule has 1 aliphatic heterocycles. The molecule has 2 heterocycles. The predicted octanol–water partition coefficient (Wildman–Crippen LogP) is 5.53. The van der Waals surface area contributed by atoms with Gasteiger partial charge >= 0.3 is 5.97 Å². The van der Waals surface area contributed by atoms with Gasteiger partial charge in [0.15, 0.2) is 11.5 Å². The maximum absolute atomic E-state index is 12.4. The van der Waals surface area contributed by atoms with E-state index in [1.54, 1.807) is 6.07 Å². The van der Waals surface area contributed by atoms with Crippen molar-refractivity contribution in [2.45, 2.75) is 33.6 Å². The van der Waals surface area contributed by atoms with Crippen LogP contribution in [-0.2, 0) is 4.84 Å². The number of carbonyl (C=O) groups is 1. The number of ether oxygens (including phenoxy) is 2. The zero-order valence-corrected chi connectivity index (χ0v) is 17.5. The number of allylic oxidation sites excluding steroid dienone is 1. The summed E-state index contributed by atoms with van der Waals surface area (Å²) in [5, 5.41) is 6.29. The number of rotatable bonds is 3. The highest BCUT2D eigenvalue weighted by Crippen LogP contribution is 2.66. The lowest BCUT2D eigenvalue weighted by Gasteiger charge is -2.33. The number of benzene rings is 1. The van der Waals surface area contributed by atoms with Crippen LogP contribution in [0.5, 0.6) is 11.5 Å². The number of carbonyl (C=O) groups excluding carboxylic acids is 1. The summed E-state index contributed by atoms with van der Waals surface area (Å²) < 4.78 is 10.9. The smallest absolute Gasteiger partial charge is 0.375 e. The van der Waals surface area contributed by atoms with E-state index >= 15 is 0 Å². The molecule has 29 heavy (non-hydrogen) atoms. The van der Waals surface area contributed by atoms with Gasteiger partial charge in [0.2, 0.25) is 6.79 Å². The molecule has 0 unspecified atom stereocenters. The highest BCUT2D eigenvalue weighted by molar-refractivity contribution is 7.11. The fourth-order valence-corrected chi connectivity index (χ4v) is 5.58. The van der Waals surface area contributed by atoms with E-state index in [0.29, 0.717) is 10.8 Å². The molecule has 0 spiro atoms. The van der Waals surface area contributed by atoms with E-state index in [0.717, 1.165) is 41.2 Å². The Labute approximate surface area is 174 Å². The summed E-state index contributed by atoms with van der Waals surface area (Å²) >= 11 is 1.36. The molecule has 0 saturated heterocycles. The van der Waals surface area contributed by atoms with Crippen molar-refractivity contribution < 1.29 is 19.1 Å². The quantitative estimate of drug-likeness (QED) is 0.494. The second kappa shape index (κ2) is 6.46. The molecule has 150 valence electrons. The highest BCUT2D eigenvalue weighted by Gasteiger charge is 2.63. The Kier molecular flexibility index (Phi) is 4.10. The largest absolute Gasteiger partial charge is 0.454 e. The molecule has 2 bridgehead atoms. The Balaban J connectivity index is 1.53. The normalized spacial score (nSPS) is 29.0. The van der Waals surface area contributed by atoms with Crippen molar-refractivity contribution in [3.63, 3.8) is 0 Å². The molecule has 5 nitrogen and oxygen atoms in total. The Bertz CT molecular complexity index is 1040. The van der Waals surface area contributed by atoms with Gasteiger partial charge in [-0.25, -0.2) is 4.79 Å². The molecule has 2 aliphatic carbocycles. The highest BCUT2D eigenvalue weighted by atomic mass is 32.1. The molecule has 6 heteroatoms. The number of thiophene rings is 1. The van der Waals surface area contributed by atoms with Gasteiger partial charge in [0, 0.05) is 5.41 Å². The summed E-state index contributed by atoms with van der Waals surface area (Å²) in [6.45, 7) is 7.09. The topological polar surface area (TPSA) is 57.1 Å². The van der Waals surface area contributed by atoms with E-state index in [4.69, 9.17) is 14.3 Å². The zero-order chi connectivity index (χ0) is 20.2. The maximum Gasteiger partial charge on any atom is 0.375 e. The van der Waals surface area contributed by atoms with Crippen molar-refractivity contribution in [1.29, 1.82) is 0 Å². The second-order valence-electron chi connectivity index (χ2n) is 8.65. The van der Waals surface area contributed by atoms with Crippen LogP contribution >= 0.6 is 11.3 Å². The van der Waals surface area contributed by atoms with Crippen LogP contribution < -0.4 is 9.47 Å². The average Bonchev–Trinajstić information content (AvgIpc) is 3.44. The van der Waals surface area contributed by atoms with Gasteiger partial charge in [-0.3, -0.25) is 0 Å². The first-order chi connectivity index (χ1) is 13.9. The van der Waals surface area contributed by atoms with Crippen LogP contribution in [0.2, 0.25) is 0 Å². The Hall–Kier alpha value is -2.60. The molecule has 1 aromatic heterocycles. The lowest BCUT2D eigenvalue weighted by molar-refractivity contribution is 0.0515. The van der Waals surface area contributed by atoms with E-state index < -0.39 is 5.97 Å². The second-order valence-corrected chi connectivity index (χ2v) is 9.60. The number of hydrogen-bond donors (Lipinski definition) is 0. The van der Waals surface area contributed by atoms with Gasteiger partial charge < -0.3 is 14.3 Å². The Morgan fingerprint density at radius 1 is 1.24 bits per heavy atom. The number of oxime groups is 1. The van der Waals surface area contributed by atoms with Gasteiger partial charge in [-0.05, 0) is 65.0 Å². The van der Waals surface area contributed by atoms with Gasteiger partial charge in [-0.1, -0.05) is 38.1 Å². The van der Waals surface area contributed by atoms with E-state index in [1.165, 1.54) is 11.3 Å². The van der Waals surface area contributed by atoms with E-state index in [2.05, 4.69) is 32.0 Å². The fourth-order valence-electron chi connectivity index (χ4n) is 4.98. The molecule has 2 fully saturated rings. The first-order valence-electron chi connectivity index (χ1n) is 9.85. The number of hydrogen-bond acceptors (Lipinski definition) is 6. The molecule has 0 amide bonds. The van der Waals surface area contributed by atoms with Crippen molar-refractivity contribution in [1.82, 2.24) is 0 Å². The van der Waals surface area contributed by atoms with Crippen molar-refractivity contribution >= 4 is 29.1 Å². The van der Waals surface area contributed by atoms with Crippen LogP contribution in [0.15, 0.2) is 46.4 Å². The standard InChI is InChI=1S/C23H23NO4S/c1-22(2)16-8-9-23(22,3)20(24-28-21(25)19-5-4-10-29-19)15(16)11-14-6-7-17-18(12-14)27-13-26-17/h4-7,10-12,16H,8-9,13H2,1-3H3/b15-11+,24-20+/t16-,23+/m0/s1. The van der Waals surface area contributed by atoms with Crippen LogP contribution in [0.4, 0.5) is 0 Å². The summed E-state index contributed by atoms with van der Waals surface area (Å²) in [5.41, 5.74) is 3.00. The summed E-state index contributed by atoms with van der Waals surface area (Å²) in [7, 11) is 0. The molecule has 3 aliphatic rings. The molecule has 0 radical (unpaired) electrons. The van der Waals surface area contributed by atoms with Crippen LogP contribution in [0.1, 0.15) is 48.8 Å². The van der Waals surface area contributed by atoms with E-state index in [-0.39, 0.29) is 17.6 Å². The van der Waals surface area contributed by atoms with Crippen LogP contribution in [0.25, 0.3) is 6.08 Å². The van der Waals surface area contributed by atoms with E-state index in [9.17, 15) is 4.79 Å². The van der Waals surface area contributed by atoms with Gasteiger partial charge in [-0.2, -0.15) is 0 Å². The van der Waals surface area contributed by atoms with Crippen molar-refractivity contribution in [2.24, 2.45) is 21.9 Å². The molecule has 1 aromatic carbocycles. The van der Waals surface area contributed by atoms with Gasteiger partial charge in [0.1, 0.15) is 4.88 Å². The monoisotopic (exact) mass is 409 g/mol. The SMILES string of the molecule is CC1(C)[C@H]2CC[C@]1(C)C(=N/OC(=O)c1cccs1)/C2=C/c1ccc2c(c1)OCO2. The fraction of sp³-hybridized carbons (Fsp3) is 0.391. The molecule has 2 aromatic rings. The Morgan fingerprint density at radius 3 is 2.86 bits per heavy atom. The zero-order valence-electron chi connectivity index (χ0n) is 16.7. The van der Waals surface area contributed by atoms with Gasteiger partial charge in [0.05, 0.1) is 5.71 Å². The minimum absolute atomic E-state index is 0.0450. The average molecular weight is 410 g/mol. The lowest BCUT2D eigenvalue weighted by atomic mass is 9.70. The molecule has 2 saturated carbocycles. The summed E-state index contributed by atoms with van der Waals surface area (Å²) in [6.07, 6.45) is 4.31. The molecular weight excluding hydrogens is 386 g/mol. The first kappa shape index (κ1) is 18.4. The van der Waals surface area contributed by atoms with Crippen LogP contribution in [-0.4, -0.2) is 18.5 Å². The lowest BCUT2D eigenvalue weighted by Crippen LogP contribution is -2.33. The molecule has 0 N–H and O–H groups in total. The minimum Gasteiger partial charge on any atom is -0.454 e. The number of fused-ring (bicyclic) bond motifs is 3. The maximum atomic E-state index is 12.4. The predicted molar refractivity (Wildman–Crippen MR) is 112 cm³/mol. The molecule has 5 rings (SSSR count). The third kappa shape index (κ3) is 2.73. The third-order valence-corrected chi connectivity index (χ3v) is 7.91. The van der Waals surface area contributed by atoms with Gasteiger partial charge in [0.25, 0.3) is 0 Å². The first-order valence-corrected chi connectivity index (χ1v) is 10.7. The van der Waals surface area contributed by atoms with Crippen molar-refractivity contribution in [2.75, 3.05) is 6.79 Å². The minimum atomic E-state index is -0.404. The van der Waals surface area contributed by atoms with Crippen LogP contribution in [0, 0.1) is 16.7 Å². The van der Waals surface area contributed by atoms with Crippen molar-refractivity contribution in [3.05, 3.63) is 51.7 Å². The summed E-state index contributed by atoms with van der Waals surface area (Å²) in [4.78, 5) is 18.3. The Morgan fingerprint density at radius 2 is 2.07 bits per heavy atom. The van der Waals surface area contributed by atoms with Gasteiger partial charge in [-0.15, -0.1) is 11.3 Å². The molecular formula is C23H23NO4S. The molecule has 2 atom stereocenters. The summed E-state index contributed by atoms with van der Waals surface area (Å²) in [6, 6.07) is 9.54.